The van der Waals surface area contributed by atoms with Gasteiger partial charge >= 0.3 is 0 Å². The lowest BCUT2D eigenvalue weighted by molar-refractivity contribution is -0.128. The molecule has 0 unspecified atom stereocenters. The molecule has 29 heavy (non-hydrogen) atoms. The number of hydrogen-bond donors (Lipinski definition) is 0. The fourth-order valence-electron chi connectivity index (χ4n) is 3.54. The van der Waals surface area contributed by atoms with Crippen molar-refractivity contribution in [2.45, 2.75) is 39.4 Å². The van der Waals surface area contributed by atoms with E-state index >= 15 is 0 Å². The fraction of sp³-hybridized carbons (Fsp3) is 0.545. The molecule has 0 bridgehead atoms. The third kappa shape index (κ3) is 5.26. The number of methoxy groups -OCH3 is 1. The molecule has 1 aliphatic heterocycles. The van der Waals surface area contributed by atoms with Crippen molar-refractivity contribution in [3.63, 3.8) is 0 Å². The number of carbonyl (C=O) groups excluding carboxylic acids is 1. The summed E-state index contributed by atoms with van der Waals surface area (Å²) in [6, 6.07) is 8.11. The number of rotatable bonds is 7. The van der Waals surface area contributed by atoms with Gasteiger partial charge in [0.1, 0.15) is 5.75 Å². The van der Waals surface area contributed by atoms with Crippen LogP contribution in [0.3, 0.4) is 0 Å². The van der Waals surface area contributed by atoms with Crippen LogP contribution >= 0.6 is 11.8 Å². The molecule has 1 aromatic heterocycles. The van der Waals surface area contributed by atoms with Crippen LogP contribution in [0.4, 0.5) is 5.69 Å². The molecule has 1 saturated heterocycles. The zero-order valence-corrected chi connectivity index (χ0v) is 19.0. The third-order valence-electron chi connectivity index (χ3n) is 5.37. The van der Waals surface area contributed by atoms with Crippen LogP contribution in [0.25, 0.3) is 0 Å². The van der Waals surface area contributed by atoms with Crippen LogP contribution in [0.5, 0.6) is 5.75 Å². The summed E-state index contributed by atoms with van der Waals surface area (Å²) in [6.45, 7) is 12.7. The molecule has 1 aliphatic rings. The monoisotopic (exact) mass is 416 g/mol. The van der Waals surface area contributed by atoms with Crippen molar-refractivity contribution >= 4 is 23.4 Å². The molecule has 158 valence electrons. The molecule has 2 heterocycles. The van der Waals surface area contributed by atoms with E-state index in [0.717, 1.165) is 49.3 Å². The van der Waals surface area contributed by atoms with E-state index in [9.17, 15) is 4.79 Å². The molecule has 1 aromatic carbocycles. The number of ether oxygens (including phenoxy) is 1. The molecule has 0 saturated carbocycles. The lowest BCUT2D eigenvalue weighted by atomic mass is 10.2. The van der Waals surface area contributed by atoms with Crippen LogP contribution in [0.2, 0.25) is 0 Å². The second-order valence-electron chi connectivity index (χ2n) is 7.92. The van der Waals surface area contributed by atoms with E-state index in [1.807, 2.05) is 24.0 Å². The number of aromatic nitrogens is 2. The first kappa shape index (κ1) is 21.6. The molecule has 0 radical (unpaired) electrons. The lowest BCUT2D eigenvalue weighted by Crippen LogP contribution is -2.49. The average molecular weight is 417 g/mol. The number of imidazole rings is 1. The highest BCUT2D eigenvalue weighted by Gasteiger charge is 2.22. The maximum Gasteiger partial charge on any atom is 0.233 e. The van der Waals surface area contributed by atoms with Crippen molar-refractivity contribution in [1.29, 1.82) is 0 Å². The second-order valence-corrected chi connectivity index (χ2v) is 8.87. The molecule has 0 atom stereocenters. The highest BCUT2D eigenvalue weighted by atomic mass is 32.2. The predicted molar refractivity (Wildman–Crippen MR) is 119 cm³/mol. The number of amides is 1. The Hall–Kier alpha value is -2.15. The Bertz CT molecular complexity index is 824. The first-order valence-corrected chi connectivity index (χ1v) is 11.2. The number of piperazine rings is 1. The number of benzene rings is 1. The van der Waals surface area contributed by atoms with Crippen LogP contribution in [-0.4, -0.2) is 59.4 Å². The highest BCUT2D eigenvalue weighted by molar-refractivity contribution is 7.99. The van der Waals surface area contributed by atoms with Gasteiger partial charge in [-0.15, -0.1) is 0 Å². The molecule has 1 fully saturated rings. The van der Waals surface area contributed by atoms with Gasteiger partial charge in [0.15, 0.2) is 5.16 Å². The Balaban J connectivity index is 1.53. The summed E-state index contributed by atoms with van der Waals surface area (Å²) >= 11 is 1.56. The summed E-state index contributed by atoms with van der Waals surface area (Å²) in [4.78, 5) is 21.7. The summed E-state index contributed by atoms with van der Waals surface area (Å²) in [7, 11) is 1.68. The standard InChI is InChI=1S/C22H32N4O2S/c1-16(2)14-26-18(4)17(3)23-22(26)29-15-21(27)25-12-10-24(11-13-25)19-6-8-20(28-5)9-7-19/h6-9,16H,10-15H2,1-5H3. The van der Waals surface area contributed by atoms with Gasteiger partial charge in [0, 0.05) is 44.1 Å². The Kier molecular flexibility index (Phi) is 7.11. The summed E-state index contributed by atoms with van der Waals surface area (Å²) in [5, 5.41) is 0.957. The van der Waals surface area contributed by atoms with Crippen LogP contribution in [0.1, 0.15) is 25.2 Å². The van der Waals surface area contributed by atoms with Crippen molar-refractivity contribution in [3.05, 3.63) is 35.7 Å². The van der Waals surface area contributed by atoms with E-state index in [-0.39, 0.29) is 5.91 Å². The average Bonchev–Trinajstić information content (AvgIpc) is 2.99. The SMILES string of the molecule is COc1ccc(N2CCN(C(=O)CSc3nc(C)c(C)n3CC(C)C)CC2)cc1. The van der Waals surface area contributed by atoms with Gasteiger partial charge in [-0.05, 0) is 44.0 Å². The van der Waals surface area contributed by atoms with Gasteiger partial charge in [0.2, 0.25) is 5.91 Å². The first-order valence-electron chi connectivity index (χ1n) is 10.2. The molecule has 6 nitrogen and oxygen atoms in total. The molecule has 3 rings (SSSR count). The van der Waals surface area contributed by atoms with Crippen LogP contribution in [-0.2, 0) is 11.3 Å². The van der Waals surface area contributed by atoms with Crippen LogP contribution in [0, 0.1) is 19.8 Å². The molecule has 7 heteroatoms. The van der Waals surface area contributed by atoms with Crippen LogP contribution < -0.4 is 9.64 Å². The summed E-state index contributed by atoms with van der Waals surface area (Å²) < 4.78 is 7.48. The Morgan fingerprint density at radius 2 is 1.79 bits per heavy atom. The van der Waals surface area contributed by atoms with E-state index < -0.39 is 0 Å². The maximum atomic E-state index is 12.8. The zero-order valence-electron chi connectivity index (χ0n) is 18.1. The topological polar surface area (TPSA) is 50.6 Å². The van der Waals surface area contributed by atoms with E-state index in [1.54, 1.807) is 18.9 Å². The normalized spacial score (nSPS) is 14.6. The molecule has 0 aliphatic carbocycles. The van der Waals surface area contributed by atoms with Gasteiger partial charge in [0.05, 0.1) is 18.6 Å². The highest BCUT2D eigenvalue weighted by Crippen LogP contribution is 2.24. The van der Waals surface area contributed by atoms with Crippen molar-refractivity contribution in [3.8, 4) is 5.75 Å². The van der Waals surface area contributed by atoms with Crippen molar-refractivity contribution < 1.29 is 9.53 Å². The van der Waals surface area contributed by atoms with Gasteiger partial charge in [-0.3, -0.25) is 4.79 Å². The van der Waals surface area contributed by atoms with Gasteiger partial charge in [-0.2, -0.15) is 0 Å². The van der Waals surface area contributed by atoms with Crippen LogP contribution in [0.15, 0.2) is 29.4 Å². The number of thioether (sulfide) groups is 1. The molecule has 2 aromatic rings. The molecule has 1 amide bonds. The first-order chi connectivity index (χ1) is 13.9. The van der Waals surface area contributed by atoms with Crippen molar-refractivity contribution in [2.24, 2.45) is 5.92 Å². The number of anilines is 1. The number of carbonyl (C=O) groups is 1. The molecular weight excluding hydrogens is 384 g/mol. The van der Waals surface area contributed by atoms with E-state index in [4.69, 9.17) is 4.74 Å². The van der Waals surface area contributed by atoms with E-state index in [2.05, 4.69) is 47.4 Å². The van der Waals surface area contributed by atoms with Crippen molar-refractivity contribution in [1.82, 2.24) is 14.5 Å². The Labute approximate surface area is 178 Å². The summed E-state index contributed by atoms with van der Waals surface area (Å²) in [6.07, 6.45) is 0. The summed E-state index contributed by atoms with van der Waals surface area (Å²) in [5.41, 5.74) is 3.42. The van der Waals surface area contributed by atoms with Crippen molar-refractivity contribution in [2.75, 3.05) is 43.9 Å². The minimum atomic E-state index is 0.193. The molecular formula is C22H32N4O2S. The van der Waals surface area contributed by atoms with E-state index in [0.29, 0.717) is 11.7 Å². The summed E-state index contributed by atoms with van der Waals surface area (Å²) in [5.74, 6) is 2.04. The van der Waals surface area contributed by atoms with Gasteiger partial charge in [0.25, 0.3) is 0 Å². The van der Waals surface area contributed by atoms with Gasteiger partial charge in [-0.1, -0.05) is 25.6 Å². The number of nitrogens with zero attached hydrogens (tertiary/aromatic N) is 4. The smallest absolute Gasteiger partial charge is 0.233 e. The second kappa shape index (κ2) is 9.57. The quantitative estimate of drug-likeness (QED) is 0.646. The number of hydrogen-bond acceptors (Lipinski definition) is 5. The number of aryl methyl sites for hydroxylation is 1. The molecule has 0 spiro atoms. The minimum absolute atomic E-state index is 0.193. The lowest BCUT2D eigenvalue weighted by Gasteiger charge is -2.36. The largest absolute Gasteiger partial charge is 0.497 e. The van der Waals surface area contributed by atoms with Gasteiger partial charge in [-0.25, -0.2) is 4.98 Å². The molecule has 0 N–H and O–H groups in total. The van der Waals surface area contributed by atoms with E-state index in [1.165, 1.54) is 11.4 Å². The van der Waals surface area contributed by atoms with Gasteiger partial charge < -0.3 is 19.1 Å². The Morgan fingerprint density at radius 3 is 2.38 bits per heavy atom. The Morgan fingerprint density at radius 1 is 1.14 bits per heavy atom. The minimum Gasteiger partial charge on any atom is -0.497 e. The fourth-order valence-corrected chi connectivity index (χ4v) is 4.54. The predicted octanol–water partition coefficient (Wildman–Crippen LogP) is 3.61. The zero-order chi connectivity index (χ0) is 21.0. The third-order valence-corrected chi connectivity index (χ3v) is 6.33. The maximum absolute atomic E-state index is 12.8.